The summed E-state index contributed by atoms with van der Waals surface area (Å²) in [4.78, 5) is 16.9. The minimum absolute atomic E-state index is 0.0868. The molecule has 2 aliphatic heterocycles. The number of hydrogen-bond donors (Lipinski definition) is 2. The molecule has 172 valence electrons. The molecule has 0 unspecified atom stereocenters. The Morgan fingerprint density at radius 1 is 1.09 bits per heavy atom. The average Bonchev–Trinajstić information content (AvgIpc) is 2.82. The molecule has 2 aliphatic rings. The predicted octanol–water partition coefficient (Wildman–Crippen LogP) is 3.94. The van der Waals surface area contributed by atoms with Crippen LogP contribution in [0.15, 0.2) is 46.9 Å². The minimum atomic E-state index is -0.0868. The summed E-state index contributed by atoms with van der Waals surface area (Å²) in [5.74, 6) is 1.58. The smallest absolute Gasteiger partial charge is 0.322 e. The van der Waals surface area contributed by atoms with E-state index >= 15 is 0 Å². The van der Waals surface area contributed by atoms with Gasteiger partial charge in [-0.15, -0.1) is 0 Å². The van der Waals surface area contributed by atoms with E-state index in [-0.39, 0.29) is 12.1 Å². The zero-order valence-electron chi connectivity index (χ0n) is 18.5. The van der Waals surface area contributed by atoms with Crippen LogP contribution in [0, 0.1) is 0 Å². The van der Waals surface area contributed by atoms with Crippen LogP contribution in [-0.4, -0.2) is 68.3 Å². The highest BCUT2D eigenvalue weighted by Crippen LogP contribution is 2.29. The molecule has 0 saturated carbocycles. The molecule has 0 atom stereocenters. The monoisotopic (exact) mass is 502 g/mol. The van der Waals surface area contributed by atoms with Crippen molar-refractivity contribution in [2.45, 2.75) is 25.5 Å². The van der Waals surface area contributed by atoms with Crippen LogP contribution in [0.2, 0.25) is 0 Å². The molecule has 0 radical (unpaired) electrons. The Morgan fingerprint density at radius 2 is 1.84 bits per heavy atom. The van der Waals surface area contributed by atoms with Crippen molar-refractivity contribution in [3.05, 3.63) is 52.5 Å². The van der Waals surface area contributed by atoms with E-state index in [0.717, 1.165) is 55.8 Å². The number of anilines is 1. The van der Waals surface area contributed by atoms with Gasteiger partial charge in [0.15, 0.2) is 0 Å². The van der Waals surface area contributed by atoms with Gasteiger partial charge in [-0.1, -0.05) is 18.2 Å². The predicted molar refractivity (Wildman–Crippen MR) is 130 cm³/mol. The Bertz CT molecular complexity index is 912. The Balaban J connectivity index is 1.26. The maximum absolute atomic E-state index is 12.7. The second kappa shape index (κ2) is 11.0. The van der Waals surface area contributed by atoms with Crippen LogP contribution in [0.1, 0.15) is 18.4 Å². The van der Waals surface area contributed by atoms with Crippen LogP contribution in [0.4, 0.5) is 10.5 Å². The first-order chi connectivity index (χ1) is 15.6. The van der Waals surface area contributed by atoms with Crippen molar-refractivity contribution < 1.29 is 14.3 Å². The molecule has 2 aromatic carbocycles. The second-order valence-corrected chi connectivity index (χ2v) is 9.08. The lowest BCUT2D eigenvalue weighted by Crippen LogP contribution is -2.49. The van der Waals surface area contributed by atoms with Gasteiger partial charge in [0.2, 0.25) is 0 Å². The van der Waals surface area contributed by atoms with Gasteiger partial charge >= 0.3 is 6.03 Å². The maximum atomic E-state index is 12.7. The lowest BCUT2D eigenvalue weighted by molar-refractivity contribution is 0.142. The van der Waals surface area contributed by atoms with Crippen LogP contribution >= 0.6 is 15.9 Å². The molecule has 2 fully saturated rings. The molecular formula is C24H31BrN4O3. The highest BCUT2D eigenvalue weighted by atomic mass is 79.9. The molecular weight excluding hydrogens is 472 g/mol. The van der Waals surface area contributed by atoms with Crippen LogP contribution in [0.3, 0.4) is 0 Å². The molecule has 2 amide bonds. The standard InChI is InChI=1S/C24H31BrN4O3/c1-31-23-5-3-2-4-21(23)27-24(30)29-14-12-28(13-15-29)17-18-6-7-22(20(25)16-18)32-19-8-10-26-11-9-19/h2-7,16,19,26H,8-15,17H2,1H3,(H,27,30). The highest BCUT2D eigenvalue weighted by Gasteiger charge is 2.22. The third-order valence-corrected chi connectivity index (χ3v) is 6.61. The van der Waals surface area contributed by atoms with Gasteiger partial charge in [0.05, 0.1) is 17.3 Å². The zero-order chi connectivity index (χ0) is 22.3. The van der Waals surface area contributed by atoms with E-state index in [4.69, 9.17) is 9.47 Å². The molecule has 4 rings (SSSR count). The van der Waals surface area contributed by atoms with E-state index in [9.17, 15) is 4.79 Å². The zero-order valence-corrected chi connectivity index (χ0v) is 20.1. The number of carbonyl (C=O) groups excluding carboxylic acids is 1. The summed E-state index contributed by atoms with van der Waals surface area (Å²) in [5.41, 5.74) is 1.93. The van der Waals surface area contributed by atoms with Crippen molar-refractivity contribution in [2.24, 2.45) is 0 Å². The number of nitrogens with zero attached hydrogens (tertiary/aromatic N) is 2. The number of methoxy groups -OCH3 is 1. The lowest BCUT2D eigenvalue weighted by Gasteiger charge is -2.34. The third-order valence-electron chi connectivity index (χ3n) is 5.99. The van der Waals surface area contributed by atoms with Crippen molar-refractivity contribution in [2.75, 3.05) is 51.7 Å². The number of nitrogens with one attached hydrogen (secondary N) is 2. The fourth-order valence-electron chi connectivity index (χ4n) is 4.14. The summed E-state index contributed by atoms with van der Waals surface area (Å²) in [6, 6.07) is 13.7. The summed E-state index contributed by atoms with van der Waals surface area (Å²) in [6.45, 7) is 5.95. The number of benzene rings is 2. The van der Waals surface area contributed by atoms with Crippen molar-refractivity contribution >= 4 is 27.6 Å². The normalized spacial score (nSPS) is 17.8. The number of halogens is 1. The van der Waals surface area contributed by atoms with Gasteiger partial charge in [-0.25, -0.2) is 4.79 Å². The Kier molecular flexibility index (Phi) is 7.89. The highest BCUT2D eigenvalue weighted by molar-refractivity contribution is 9.10. The van der Waals surface area contributed by atoms with Crippen molar-refractivity contribution in [3.8, 4) is 11.5 Å². The Morgan fingerprint density at radius 3 is 2.56 bits per heavy atom. The van der Waals surface area contributed by atoms with E-state index in [2.05, 4.69) is 49.7 Å². The van der Waals surface area contributed by atoms with Gasteiger partial charge in [0.1, 0.15) is 17.6 Å². The lowest BCUT2D eigenvalue weighted by atomic mass is 10.1. The molecule has 0 bridgehead atoms. The topological polar surface area (TPSA) is 66.1 Å². The van der Waals surface area contributed by atoms with Crippen LogP contribution < -0.4 is 20.1 Å². The van der Waals surface area contributed by atoms with Gasteiger partial charge in [0.25, 0.3) is 0 Å². The van der Waals surface area contributed by atoms with Crippen LogP contribution in [0.25, 0.3) is 0 Å². The molecule has 2 heterocycles. The van der Waals surface area contributed by atoms with Crippen molar-refractivity contribution in [3.63, 3.8) is 0 Å². The number of piperidine rings is 1. The van der Waals surface area contributed by atoms with Gasteiger partial charge in [-0.3, -0.25) is 4.90 Å². The molecule has 2 saturated heterocycles. The first-order valence-corrected chi connectivity index (χ1v) is 12.0. The van der Waals surface area contributed by atoms with Gasteiger partial charge in [-0.05, 0) is 71.7 Å². The molecule has 2 aromatic rings. The number of amides is 2. The largest absolute Gasteiger partial charge is 0.495 e. The quantitative estimate of drug-likeness (QED) is 0.626. The Hall–Kier alpha value is -2.29. The van der Waals surface area contributed by atoms with E-state index in [1.807, 2.05) is 29.2 Å². The molecule has 2 N–H and O–H groups in total. The number of piperazine rings is 1. The number of ether oxygens (including phenoxy) is 2. The fraction of sp³-hybridized carbons (Fsp3) is 0.458. The molecule has 0 spiro atoms. The van der Waals surface area contributed by atoms with Crippen LogP contribution in [0.5, 0.6) is 11.5 Å². The fourth-order valence-corrected chi connectivity index (χ4v) is 4.66. The Labute approximate surface area is 198 Å². The summed E-state index contributed by atoms with van der Waals surface area (Å²) in [7, 11) is 1.61. The number of rotatable bonds is 6. The van der Waals surface area contributed by atoms with Gasteiger partial charge in [-0.2, -0.15) is 0 Å². The molecule has 0 aromatic heterocycles. The minimum Gasteiger partial charge on any atom is -0.495 e. The van der Waals surface area contributed by atoms with E-state index in [0.29, 0.717) is 24.5 Å². The summed E-state index contributed by atoms with van der Waals surface area (Å²) in [6.07, 6.45) is 2.38. The SMILES string of the molecule is COc1ccccc1NC(=O)N1CCN(Cc2ccc(OC3CCNCC3)c(Br)c2)CC1. The third kappa shape index (κ3) is 5.94. The first kappa shape index (κ1) is 22.9. The number of carbonyl (C=O) groups is 1. The summed E-state index contributed by atoms with van der Waals surface area (Å²) >= 11 is 3.68. The van der Waals surface area contributed by atoms with Crippen LogP contribution in [-0.2, 0) is 6.54 Å². The van der Waals surface area contributed by atoms with E-state index in [1.165, 1.54) is 5.56 Å². The second-order valence-electron chi connectivity index (χ2n) is 8.23. The molecule has 8 heteroatoms. The van der Waals surface area contributed by atoms with Crippen molar-refractivity contribution in [1.82, 2.24) is 15.1 Å². The molecule has 0 aliphatic carbocycles. The first-order valence-electron chi connectivity index (χ1n) is 11.2. The van der Waals surface area contributed by atoms with E-state index < -0.39 is 0 Å². The summed E-state index contributed by atoms with van der Waals surface area (Å²) in [5, 5.41) is 6.33. The van der Waals surface area contributed by atoms with Gasteiger partial charge < -0.3 is 25.0 Å². The maximum Gasteiger partial charge on any atom is 0.322 e. The molecule has 32 heavy (non-hydrogen) atoms. The average molecular weight is 503 g/mol. The van der Waals surface area contributed by atoms with Crippen molar-refractivity contribution in [1.29, 1.82) is 0 Å². The van der Waals surface area contributed by atoms with E-state index in [1.54, 1.807) is 7.11 Å². The summed E-state index contributed by atoms with van der Waals surface area (Å²) < 4.78 is 12.5. The number of urea groups is 1. The number of hydrogen-bond acceptors (Lipinski definition) is 5. The number of para-hydroxylation sites is 2. The molecule has 7 nitrogen and oxygen atoms in total. The van der Waals surface area contributed by atoms with Gasteiger partial charge in [0, 0.05) is 32.7 Å².